The fourth-order valence-corrected chi connectivity index (χ4v) is 9.20. The van der Waals surface area contributed by atoms with E-state index in [1.165, 1.54) is 0 Å². The van der Waals surface area contributed by atoms with Gasteiger partial charge >= 0.3 is 5.97 Å². The number of carboxylic acid groups (broad SMARTS) is 1. The second kappa shape index (κ2) is 27.6. The molecule has 2 aromatic carbocycles. The molecule has 0 saturated heterocycles. The van der Waals surface area contributed by atoms with Crippen LogP contribution in [0.4, 0.5) is 11.4 Å². The molecule has 0 bridgehead atoms. The van der Waals surface area contributed by atoms with E-state index in [2.05, 4.69) is 12.2 Å². The molecule has 2 aromatic rings. The van der Waals surface area contributed by atoms with E-state index >= 15 is 0 Å². The van der Waals surface area contributed by atoms with Crippen LogP contribution in [0.15, 0.2) is 47.4 Å². The van der Waals surface area contributed by atoms with E-state index in [0.717, 1.165) is 24.1 Å². The predicted molar refractivity (Wildman–Crippen MR) is 225 cm³/mol. The SMILES string of the molecule is CCCCC1(CC)CS(=O)(=O)c2ccc(N(C)C)cc2C(c2cccc(NC(=O)CCOCCOCCOCCOCCOCCOCCOCCCC(=O)O)c2)[C@@H]1O. The molecule has 0 aromatic heterocycles. The van der Waals surface area contributed by atoms with E-state index in [4.69, 9.17) is 38.3 Å². The number of fused-ring (bicyclic) bond motifs is 1. The highest BCUT2D eigenvalue weighted by molar-refractivity contribution is 7.91. The van der Waals surface area contributed by atoms with Crippen LogP contribution in [-0.2, 0) is 52.6 Å². The average molecular weight is 853 g/mol. The van der Waals surface area contributed by atoms with Crippen molar-refractivity contribution in [2.24, 2.45) is 5.41 Å². The molecule has 1 aliphatic rings. The minimum Gasteiger partial charge on any atom is -0.481 e. The molecular formula is C43H68N2O13S. The number of sulfone groups is 1. The third kappa shape index (κ3) is 17.7. The first-order chi connectivity index (χ1) is 28.4. The molecule has 0 radical (unpaired) electrons. The number of nitrogens with one attached hydrogen (secondary N) is 1. The zero-order chi connectivity index (χ0) is 42.9. The molecule has 59 heavy (non-hydrogen) atoms. The summed E-state index contributed by atoms with van der Waals surface area (Å²) in [4.78, 5) is 25.5. The van der Waals surface area contributed by atoms with Gasteiger partial charge in [-0.2, -0.15) is 0 Å². The number of aliphatic carboxylic acids is 1. The fourth-order valence-electron chi connectivity index (χ4n) is 6.95. The van der Waals surface area contributed by atoms with E-state index in [-0.39, 0.29) is 36.0 Å². The first-order valence-corrected chi connectivity index (χ1v) is 22.5. The number of ether oxygens (including phenoxy) is 7. The first-order valence-electron chi connectivity index (χ1n) is 20.8. The van der Waals surface area contributed by atoms with Crippen LogP contribution in [-0.4, -0.2) is 149 Å². The van der Waals surface area contributed by atoms with Crippen molar-refractivity contribution < 1.29 is 61.4 Å². The van der Waals surface area contributed by atoms with Crippen molar-refractivity contribution in [1.29, 1.82) is 0 Å². The van der Waals surface area contributed by atoms with Crippen molar-refractivity contribution in [3.05, 3.63) is 53.6 Å². The zero-order valence-electron chi connectivity index (χ0n) is 35.5. The van der Waals surface area contributed by atoms with E-state index in [9.17, 15) is 23.1 Å². The van der Waals surface area contributed by atoms with Crippen molar-refractivity contribution >= 4 is 33.1 Å². The third-order valence-corrected chi connectivity index (χ3v) is 12.2. The number of anilines is 2. The number of carbonyl (C=O) groups is 2. The number of hydrogen-bond donors (Lipinski definition) is 3. The number of benzene rings is 2. The van der Waals surface area contributed by atoms with E-state index in [0.29, 0.717) is 116 Å². The summed E-state index contributed by atoms with van der Waals surface area (Å²) in [6, 6.07) is 12.7. The van der Waals surface area contributed by atoms with Crippen molar-refractivity contribution in [2.45, 2.75) is 75.7 Å². The van der Waals surface area contributed by atoms with Gasteiger partial charge in [-0.3, -0.25) is 9.59 Å². The van der Waals surface area contributed by atoms with Gasteiger partial charge in [-0.1, -0.05) is 38.8 Å². The Labute approximate surface area is 350 Å². The van der Waals surface area contributed by atoms with Gasteiger partial charge in [-0.05, 0) is 60.7 Å². The maximum Gasteiger partial charge on any atom is 0.303 e. The number of nitrogens with zero attached hydrogens (tertiary/aromatic N) is 1. The maximum atomic E-state index is 14.0. The number of aliphatic hydroxyl groups is 1. The van der Waals surface area contributed by atoms with Crippen LogP contribution >= 0.6 is 0 Å². The Balaban J connectivity index is 1.32. The molecule has 1 amide bonds. The number of aliphatic hydroxyl groups excluding tert-OH is 1. The average Bonchev–Trinajstić information content (AvgIpc) is 3.27. The molecule has 1 aliphatic heterocycles. The van der Waals surface area contributed by atoms with E-state index in [1.54, 1.807) is 12.1 Å². The molecule has 2 unspecified atom stereocenters. The summed E-state index contributed by atoms with van der Waals surface area (Å²) >= 11 is 0. The molecule has 334 valence electrons. The van der Waals surface area contributed by atoms with Crippen molar-refractivity contribution in [3.8, 4) is 0 Å². The standard InChI is InChI=1S/C43H68N2O13S/c1-5-7-16-43(6-2)33-59(50,51)38-14-13-36(45(3)4)32-37(38)41(42(43)49)34-10-8-11-35(31-34)44-39(46)15-18-53-20-22-55-24-26-57-28-30-58-29-27-56-25-23-54-21-19-52-17-9-12-40(47)48/h8,10-11,13-14,31-32,41-42,49H,5-7,9,12,15-30,33H2,1-4H3,(H,44,46)(H,47,48)/t41?,42-,43?/m0/s1. The zero-order valence-corrected chi connectivity index (χ0v) is 36.3. The molecule has 3 N–H and O–H groups in total. The highest BCUT2D eigenvalue weighted by Gasteiger charge is 2.49. The Hall–Kier alpha value is -3.19. The van der Waals surface area contributed by atoms with Gasteiger partial charge in [0, 0.05) is 49.8 Å². The first kappa shape index (κ1) is 50.2. The highest BCUT2D eigenvalue weighted by atomic mass is 32.2. The lowest BCUT2D eigenvalue weighted by molar-refractivity contribution is -0.137. The Morgan fingerprint density at radius 2 is 1.29 bits per heavy atom. The number of carboxylic acids is 1. The number of hydrogen-bond acceptors (Lipinski definition) is 13. The van der Waals surface area contributed by atoms with Crippen molar-refractivity contribution in [1.82, 2.24) is 0 Å². The van der Waals surface area contributed by atoms with Crippen LogP contribution in [0.2, 0.25) is 0 Å². The van der Waals surface area contributed by atoms with Gasteiger partial charge in [-0.25, -0.2) is 8.42 Å². The van der Waals surface area contributed by atoms with Crippen molar-refractivity contribution in [3.63, 3.8) is 0 Å². The second-order valence-electron chi connectivity index (χ2n) is 14.8. The monoisotopic (exact) mass is 852 g/mol. The normalized spacial score (nSPS) is 18.6. The molecule has 1 heterocycles. The summed E-state index contributed by atoms with van der Waals surface area (Å²) in [5, 5.41) is 23.8. The molecule has 0 spiro atoms. The Morgan fingerprint density at radius 3 is 1.80 bits per heavy atom. The summed E-state index contributed by atoms with van der Waals surface area (Å²) in [5.74, 6) is -1.79. The minimum absolute atomic E-state index is 0.103. The Kier molecular flexibility index (Phi) is 23.5. The van der Waals surface area contributed by atoms with Crippen molar-refractivity contribution in [2.75, 3.05) is 123 Å². The molecule has 3 rings (SSSR count). The topological polar surface area (TPSA) is 189 Å². The molecule has 3 atom stereocenters. The second-order valence-corrected chi connectivity index (χ2v) is 16.8. The molecule has 0 saturated carbocycles. The lowest BCUT2D eigenvalue weighted by Crippen LogP contribution is -2.42. The van der Waals surface area contributed by atoms with E-state index < -0.39 is 33.2 Å². The number of unbranched alkanes of at least 4 members (excludes halogenated alkanes) is 1. The number of rotatable bonds is 32. The largest absolute Gasteiger partial charge is 0.481 e. The van der Waals surface area contributed by atoms with Gasteiger partial charge < -0.3 is 53.6 Å². The quantitative estimate of drug-likeness (QED) is 0.0841. The van der Waals surface area contributed by atoms with Gasteiger partial charge in [0.25, 0.3) is 0 Å². The van der Waals surface area contributed by atoms with Gasteiger partial charge in [0.05, 0.1) is 109 Å². The van der Waals surface area contributed by atoms with Gasteiger partial charge in [-0.15, -0.1) is 0 Å². The van der Waals surface area contributed by atoms with Crippen LogP contribution in [0.3, 0.4) is 0 Å². The van der Waals surface area contributed by atoms with E-state index in [1.807, 2.05) is 56.3 Å². The molecule has 0 aliphatic carbocycles. The van der Waals surface area contributed by atoms with Gasteiger partial charge in [0.1, 0.15) is 0 Å². The maximum absolute atomic E-state index is 14.0. The van der Waals surface area contributed by atoms with Gasteiger partial charge in [0.2, 0.25) is 5.91 Å². The molecule has 15 nitrogen and oxygen atoms in total. The van der Waals surface area contributed by atoms with Crippen LogP contribution in [0, 0.1) is 5.41 Å². The highest BCUT2D eigenvalue weighted by Crippen LogP contribution is 2.49. The molecule has 0 fully saturated rings. The summed E-state index contributed by atoms with van der Waals surface area (Å²) in [5.41, 5.74) is 1.87. The number of amides is 1. The molecule has 16 heteroatoms. The van der Waals surface area contributed by atoms with Crippen LogP contribution in [0.5, 0.6) is 0 Å². The number of carbonyl (C=O) groups excluding carboxylic acids is 1. The lowest BCUT2D eigenvalue weighted by Gasteiger charge is -2.39. The fraction of sp³-hybridized carbons (Fsp3) is 0.674. The van der Waals surface area contributed by atoms with Crippen LogP contribution in [0.25, 0.3) is 0 Å². The minimum atomic E-state index is -3.71. The Bertz CT molecular complexity index is 1630. The summed E-state index contributed by atoms with van der Waals surface area (Å²) in [7, 11) is 0.0928. The summed E-state index contributed by atoms with van der Waals surface area (Å²) in [6.07, 6.45) is 2.56. The predicted octanol–water partition coefficient (Wildman–Crippen LogP) is 4.93. The summed E-state index contributed by atoms with van der Waals surface area (Å²) < 4.78 is 66.2. The smallest absolute Gasteiger partial charge is 0.303 e. The van der Waals surface area contributed by atoms with Crippen LogP contribution in [0.1, 0.15) is 75.8 Å². The molecular weight excluding hydrogens is 785 g/mol. The van der Waals surface area contributed by atoms with Gasteiger partial charge in [0.15, 0.2) is 9.84 Å². The Morgan fingerprint density at radius 1 is 0.746 bits per heavy atom. The third-order valence-electron chi connectivity index (χ3n) is 10.2. The van der Waals surface area contributed by atoms with Crippen LogP contribution < -0.4 is 10.2 Å². The lowest BCUT2D eigenvalue weighted by atomic mass is 9.69. The summed E-state index contributed by atoms with van der Waals surface area (Å²) in [6.45, 7) is 9.64.